The van der Waals surface area contributed by atoms with Crippen LogP contribution in [-0.2, 0) is 87.9 Å². The molecule has 2 aliphatic carbocycles. The van der Waals surface area contributed by atoms with Gasteiger partial charge in [-0.05, 0) is 23.6 Å². The van der Waals surface area contributed by atoms with Crippen LogP contribution in [0.3, 0.4) is 0 Å². The number of alkyl halides is 5. The maximum atomic E-state index is 16.2. The van der Waals surface area contributed by atoms with E-state index in [4.69, 9.17) is 102 Å². The number of halogens is 5. The smallest absolute Gasteiger partial charge is 0.386 e. The molecule has 8 aliphatic rings. The second-order valence-electron chi connectivity index (χ2n) is 22.9. The molecule has 8 fully saturated rings. The molecule has 16 rings (SSSR count). The highest BCUT2D eigenvalue weighted by atomic mass is 32.5. The van der Waals surface area contributed by atoms with Crippen LogP contribution in [0.4, 0.5) is 45.5 Å². The van der Waals surface area contributed by atoms with Gasteiger partial charge in [0.25, 0.3) is 23.0 Å². The summed E-state index contributed by atoms with van der Waals surface area (Å²) >= 11 is 10.4. The molecule has 6 saturated heterocycles. The van der Waals surface area contributed by atoms with Crippen molar-refractivity contribution < 1.29 is 111 Å². The van der Waals surface area contributed by atoms with Crippen molar-refractivity contribution in [2.24, 2.45) is 10.8 Å². The number of nitrogens with one attached hydrogen (secondary N) is 2. The number of imidazole rings is 4. The third-order valence-corrected chi connectivity index (χ3v) is 22.4. The van der Waals surface area contributed by atoms with Gasteiger partial charge >= 0.3 is 29.1 Å². The molecular weight excluding hydrogens is 1430 g/mol. The first-order chi connectivity index (χ1) is 45.2. The van der Waals surface area contributed by atoms with Gasteiger partial charge in [0, 0.05) is 12.8 Å². The number of hydrogen-bond acceptors (Lipinski definition) is 33. The number of phosphoric acid groups is 2. The molecule has 6 aliphatic heterocycles. The van der Waals surface area contributed by atoms with Crippen molar-refractivity contribution in [3.63, 3.8) is 0 Å². The summed E-state index contributed by atoms with van der Waals surface area (Å²) in [6, 6.07) is 0. The van der Waals surface area contributed by atoms with Gasteiger partial charge in [0.05, 0.1) is 74.8 Å². The molecule has 41 nitrogen and oxygen atoms in total. The number of fused-ring (bicyclic) bond motifs is 6. The SMILES string of the molecule is Nc1nc2c(ncn2[C@@H]2O[C@@H]3COP(=O)(O)O[C@H]4[C@H](n5cnc6c(N)ncnc65)O[C@H](COP(=O)(O)O[C@H]3[C@H]2O)[C@]42CC2(F)F)c(=O)[nH]1.Nc1nc2c(ncn2[C@@H]2O[C@@H]3COP(O)(=S)O[C@H]4[C@H](n5cnc6c(N)ncnc65)O[C@H](COP(O)(=S)O[C@H]3[C@H]2F)[C@]42CC2(F)F)c(=O)[nH]1. The molecule has 15 N–H and O–H groups in total. The summed E-state index contributed by atoms with van der Waals surface area (Å²) in [5.41, 5.74) is 16.8. The van der Waals surface area contributed by atoms with E-state index in [1.807, 2.05) is 0 Å². The number of anilines is 4. The van der Waals surface area contributed by atoms with Crippen LogP contribution < -0.4 is 34.1 Å². The number of H-pyrrole nitrogens is 2. The lowest BCUT2D eigenvalue weighted by molar-refractivity contribution is -0.0673. The fourth-order valence-electron chi connectivity index (χ4n) is 12.8. The molecule has 8 aromatic rings. The molecule has 14 heterocycles. The Hall–Kier alpha value is -6.27. The molecule has 20 atom stereocenters. The monoisotopic (exact) mass is 1470 g/mol. The summed E-state index contributed by atoms with van der Waals surface area (Å²) in [6.45, 7) is -12.4. The lowest BCUT2D eigenvalue weighted by Crippen LogP contribution is -2.37. The molecule has 0 amide bonds. The molecule has 516 valence electrons. The number of aromatic amines is 2. The predicted octanol–water partition coefficient (Wildman–Crippen LogP) is -0.144. The highest BCUT2D eigenvalue weighted by Crippen LogP contribution is 2.75. The zero-order chi connectivity index (χ0) is 67.9. The van der Waals surface area contributed by atoms with Crippen LogP contribution in [0.2, 0.25) is 0 Å². The van der Waals surface area contributed by atoms with Gasteiger partial charge < -0.3 is 75.6 Å². The van der Waals surface area contributed by atoms with Crippen molar-refractivity contribution in [1.29, 1.82) is 0 Å². The molecule has 4 bridgehead atoms. The van der Waals surface area contributed by atoms with Crippen molar-refractivity contribution >= 4 is 121 Å². The number of nitrogens with zero attached hydrogens (tertiary/aromatic N) is 14. The van der Waals surface area contributed by atoms with Crippen molar-refractivity contribution in [3.8, 4) is 0 Å². The average molecular weight is 1470 g/mol. The van der Waals surface area contributed by atoms with Crippen LogP contribution in [0.5, 0.6) is 0 Å². The van der Waals surface area contributed by atoms with Gasteiger partial charge in [-0.25, -0.2) is 71.0 Å². The number of phosphoric ester groups is 2. The normalized spacial score (nSPS) is 39.6. The standard InChI is InChI=1S/C22H23F3N10O9P2S2.C22H24F2N10O12P2/c23-9-12-7(41-18(9)35-6-31-11-16(35)32-20(27)33-17(11)36)1-39-46(38,48)44-13-19(34-5-30-10-14(26)28-4-29-15(10)34)42-8(2-40-45(37,47)43-12)21(13)3-22(21,24)25;23-22(24)3-21(22)8-2-42-47(37,38)45-12-7(43-18(11(12)35)34-6-30-10-16(34)31-20(26)32-17(10)36)1-41-48(39,40)46-13(21)19(44-8)33-5-29-9-14(25)27-4-28-15(9)33/h4-9,12-13,18-19H,1-3H2,(H,37,47)(H,38,48)(H2,26,28,29)(H3,27,32,33,36);4-8,11-13,18-19,35H,1-3H2,(H,37,38)(H,39,40)(H2,25,27,28)(H3,26,31,32,36)/t7-,8-,9-,12-,13+,18-,19-,21-,45?,46?;7-,8-,11-,12-,13+,18-,19-,21-/m11/s1. The summed E-state index contributed by atoms with van der Waals surface area (Å²) in [5.74, 6) is -7.63. The van der Waals surface area contributed by atoms with E-state index in [0.29, 0.717) is 0 Å². The van der Waals surface area contributed by atoms with Gasteiger partial charge in [0.1, 0.15) is 66.4 Å². The number of rotatable bonds is 4. The molecule has 0 radical (unpaired) electrons. The minimum Gasteiger partial charge on any atom is -0.386 e. The quantitative estimate of drug-likeness (QED) is 0.0806. The molecular formula is C44H47F5N20O21P4S2. The van der Waals surface area contributed by atoms with Crippen LogP contribution in [0.1, 0.15) is 37.8 Å². The minimum absolute atomic E-state index is 0.000226. The zero-order valence-corrected chi connectivity index (χ0v) is 52.8. The molecule has 52 heteroatoms. The lowest BCUT2D eigenvalue weighted by Gasteiger charge is -2.29. The maximum Gasteiger partial charge on any atom is 0.472 e. The van der Waals surface area contributed by atoms with Gasteiger partial charge in [-0.15, -0.1) is 0 Å². The number of nitrogen functional groups attached to an aromatic ring is 4. The largest absolute Gasteiger partial charge is 0.472 e. The average Bonchev–Trinajstić information content (AvgIpc) is 1.51. The molecule has 2 saturated carbocycles. The van der Waals surface area contributed by atoms with Crippen LogP contribution >= 0.6 is 29.1 Å². The van der Waals surface area contributed by atoms with Gasteiger partial charge in [-0.1, -0.05) is 0 Å². The summed E-state index contributed by atoms with van der Waals surface area (Å²) in [7, 11) is -10.6. The van der Waals surface area contributed by atoms with Crippen LogP contribution in [0.25, 0.3) is 44.7 Å². The number of hydrogen-bond donors (Lipinski definition) is 11. The number of aliphatic hydroxyl groups excluding tert-OH is 1. The topological polar surface area (TPSA) is 564 Å². The number of aliphatic hydroxyl groups is 1. The van der Waals surface area contributed by atoms with E-state index >= 15 is 22.0 Å². The number of ether oxygens (including phenoxy) is 4. The fourth-order valence-corrected chi connectivity index (χ4v) is 17.6. The van der Waals surface area contributed by atoms with Crippen LogP contribution in [0.15, 0.2) is 47.6 Å². The minimum atomic E-state index is -5.32. The Morgan fingerprint density at radius 2 is 0.927 bits per heavy atom. The zero-order valence-electron chi connectivity index (χ0n) is 47.6. The predicted molar refractivity (Wildman–Crippen MR) is 311 cm³/mol. The molecule has 4 unspecified atom stereocenters. The summed E-state index contributed by atoms with van der Waals surface area (Å²) in [5, 5.41) is 11.2. The summed E-state index contributed by atoms with van der Waals surface area (Å²) in [4.78, 5) is 113. The summed E-state index contributed by atoms with van der Waals surface area (Å²) in [6.07, 6.45) is -18.8. The van der Waals surface area contributed by atoms with Gasteiger partial charge in [0.2, 0.25) is 11.9 Å². The summed E-state index contributed by atoms with van der Waals surface area (Å²) < 4.78 is 176. The van der Waals surface area contributed by atoms with E-state index in [-0.39, 0.29) is 68.2 Å². The van der Waals surface area contributed by atoms with E-state index in [0.717, 1.165) is 45.3 Å². The maximum absolute atomic E-state index is 16.2. The Bertz CT molecular complexity index is 4540. The number of nitrogens with two attached hydrogens (primary N) is 4. The first kappa shape index (κ1) is 65.7. The molecule has 8 aromatic heterocycles. The lowest BCUT2D eigenvalue weighted by atomic mass is 9.94. The third kappa shape index (κ3) is 10.8. The van der Waals surface area contributed by atoms with E-state index in [2.05, 4.69) is 59.8 Å². The Morgan fingerprint density at radius 3 is 1.45 bits per heavy atom. The highest BCUT2D eigenvalue weighted by molar-refractivity contribution is 8.07. The van der Waals surface area contributed by atoms with E-state index < -0.39 is 188 Å². The van der Waals surface area contributed by atoms with Crippen molar-refractivity contribution in [3.05, 3.63) is 58.7 Å². The second-order valence-corrected chi connectivity index (χ2v) is 31.3. The van der Waals surface area contributed by atoms with E-state index in [9.17, 15) is 43.4 Å². The Morgan fingerprint density at radius 1 is 0.521 bits per heavy atom. The first-order valence-corrected chi connectivity index (χ1v) is 36.0. The second kappa shape index (κ2) is 22.6. The molecule has 2 spiro atoms. The highest BCUT2D eigenvalue weighted by Gasteiger charge is 2.85. The Balaban J connectivity index is 0.000000158. The first-order valence-electron chi connectivity index (χ1n) is 27.8. The van der Waals surface area contributed by atoms with Crippen molar-refractivity contribution in [2.75, 3.05) is 49.4 Å². The third-order valence-electron chi connectivity index (χ3n) is 17.4. The van der Waals surface area contributed by atoms with Crippen LogP contribution in [0, 0.1) is 10.8 Å². The van der Waals surface area contributed by atoms with Gasteiger partial charge in [-0.3, -0.25) is 65.0 Å². The van der Waals surface area contributed by atoms with Crippen molar-refractivity contribution in [2.45, 2.75) is 111 Å². The van der Waals surface area contributed by atoms with Gasteiger partial charge in [0.15, 0.2) is 76.3 Å². The molecule has 0 aromatic carbocycles. The van der Waals surface area contributed by atoms with Crippen molar-refractivity contribution in [1.82, 2.24) is 78.1 Å². The molecule has 96 heavy (non-hydrogen) atoms. The van der Waals surface area contributed by atoms with E-state index in [1.165, 1.54) is 10.9 Å². The Kier molecular flexibility index (Phi) is 15.5. The Labute approximate surface area is 537 Å². The van der Waals surface area contributed by atoms with Crippen LogP contribution in [-0.4, -0.2) is 202 Å². The van der Waals surface area contributed by atoms with Gasteiger partial charge in [-0.2, -0.15) is 9.97 Å². The number of aromatic nitrogens is 16. The van der Waals surface area contributed by atoms with E-state index in [1.54, 1.807) is 0 Å². The fraction of sp³-hybridized carbons (Fsp3) is 0.545.